The highest BCUT2D eigenvalue weighted by Gasteiger charge is 2.01. The second-order valence-corrected chi connectivity index (χ2v) is 3.73. The lowest BCUT2D eigenvalue weighted by atomic mass is 10.0. The van der Waals surface area contributed by atoms with E-state index in [4.69, 9.17) is 0 Å². The molecule has 0 atom stereocenters. The molecule has 2 rings (SSSR count). The van der Waals surface area contributed by atoms with Crippen molar-refractivity contribution in [3.63, 3.8) is 0 Å². The van der Waals surface area contributed by atoms with Crippen molar-refractivity contribution >= 4 is 0 Å². The molecule has 0 spiro atoms. The van der Waals surface area contributed by atoms with Gasteiger partial charge in [-0.25, -0.2) is 0 Å². The van der Waals surface area contributed by atoms with Gasteiger partial charge in [0.05, 0.1) is 0 Å². The van der Waals surface area contributed by atoms with Gasteiger partial charge in [-0.05, 0) is 25.5 Å². The topological polar surface area (TPSA) is 32.9 Å². The Kier molecular flexibility index (Phi) is 2.42. The van der Waals surface area contributed by atoms with Crippen molar-refractivity contribution < 1.29 is 0 Å². The second kappa shape index (κ2) is 3.73. The van der Waals surface area contributed by atoms with Crippen LogP contribution >= 0.6 is 0 Å². The molecule has 1 aromatic heterocycles. The fraction of sp³-hybridized carbons (Fsp3) is 0.154. The van der Waals surface area contributed by atoms with E-state index in [0.29, 0.717) is 0 Å². The summed E-state index contributed by atoms with van der Waals surface area (Å²) in [5, 5.41) is 0. The monoisotopic (exact) mass is 199 g/mol. The Bertz CT molecular complexity index is 540. The Morgan fingerprint density at radius 2 is 1.87 bits per heavy atom. The molecule has 2 heteroatoms. The molecule has 0 bridgehead atoms. The van der Waals surface area contributed by atoms with Crippen LogP contribution in [0.3, 0.4) is 0 Å². The largest absolute Gasteiger partial charge is 0.326 e. The average molecular weight is 199 g/mol. The van der Waals surface area contributed by atoms with Gasteiger partial charge in [0, 0.05) is 17.3 Å². The molecule has 0 amide bonds. The van der Waals surface area contributed by atoms with Gasteiger partial charge < -0.3 is 4.98 Å². The molecule has 0 aliphatic carbocycles. The first-order valence-electron chi connectivity index (χ1n) is 4.94. The summed E-state index contributed by atoms with van der Waals surface area (Å²) in [6.07, 6.45) is 0. The first kappa shape index (κ1) is 9.71. The minimum atomic E-state index is -0.0519. The quantitative estimate of drug-likeness (QED) is 0.752. The molecular formula is C13H13NO. The van der Waals surface area contributed by atoms with Crippen LogP contribution in [0.25, 0.3) is 11.1 Å². The van der Waals surface area contributed by atoms with E-state index < -0.39 is 0 Å². The molecule has 15 heavy (non-hydrogen) atoms. The number of aromatic amines is 1. The predicted octanol–water partition coefficient (Wildman–Crippen LogP) is 2.66. The summed E-state index contributed by atoms with van der Waals surface area (Å²) in [6.45, 7) is 3.98. The molecule has 0 fully saturated rings. The lowest BCUT2D eigenvalue weighted by Gasteiger charge is -2.05. The number of hydrogen-bond donors (Lipinski definition) is 1. The molecule has 76 valence electrons. The van der Waals surface area contributed by atoms with E-state index in [9.17, 15) is 4.79 Å². The number of aryl methyl sites for hydroxylation is 2. The summed E-state index contributed by atoms with van der Waals surface area (Å²) in [5.74, 6) is 0. The van der Waals surface area contributed by atoms with Crippen LogP contribution in [-0.4, -0.2) is 4.98 Å². The Hall–Kier alpha value is -1.83. The van der Waals surface area contributed by atoms with E-state index in [0.717, 1.165) is 16.8 Å². The molecule has 2 nitrogen and oxygen atoms in total. The van der Waals surface area contributed by atoms with Crippen LogP contribution < -0.4 is 5.56 Å². The SMILES string of the molecule is Cc1cccc(-c2ccc(=O)[nH]c2C)c1. The first-order chi connectivity index (χ1) is 7.16. The predicted molar refractivity (Wildman–Crippen MR) is 62.0 cm³/mol. The number of nitrogens with one attached hydrogen (secondary N) is 1. The van der Waals surface area contributed by atoms with Gasteiger partial charge in [0.25, 0.3) is 0 Å². The van der Waals surface area contributed by atoms with Gasteiger partial charge >= 0.3 is 0 Å². The highest BCUT2D eigenvalue weighted by Crippen LogP contribution is 2.21. The van der Waals surface area contributed by atoms with Crippen molar-refractivity contribution in [2.45, 2.75) is 13.8 Å². The second-order valence-electron chi connectivity index (χ2n) is 3.73. The van der Waals surface area contributed by atoms with Gasteiger partial charge in [-0.3, -0.25) is 4.79 Å². The smallest absolute Gasteiger partial charge is 0.248 e. The van der Waals surface area contributed by atoms with Crippen LogP contribution in [0, 0.1) is 13.8 Å². The van der Waals surface area contributed by atoms with Crippen molar-refractivity contribution in [2.75, 3.05) is 0 Å². The molecule has 0 unspecified atom stereocenters. The number of pyridine rings is 1. The Morgan fingerprint density at radius 1 is 1.07 bits per heavy atom. The zero-order valence-electron chi connectivity index (χ0n) is 8.87. The van der Waals surface area contributed by atoms with Crippen LogP contribution in [-0.2, 0) is 0 Å². The van der Waals surface area contributed by atoms with Gasteiger partial charge in [0.1, 0.15) is 0 Å². The lowest BCUT2D eigenvalue weighted by Crippen LogP contribution is -2.05. The van der Waals surface area contributed by atoms with Crippen LogP contribution in [0.2, 0.25) is 0 Å². The van der Waals surface area contributed by atoms with Crippen LogP contribution in [0.5, 0.6) is 0 Å². The standard InChI is InChI=1S/C13H13NO/c1-9-4-3-5-11(8-9)12-6-7-13(15)14-10(12)2/h3-8H,1-2H3,(H,14,15). The molecule has 0 aliphatic heterocycles. The summed E-state index contributed by atoms with van der Waals surface area (Å²) in [7, 11) is 0. The maximum absolute atomic E-state index is 11.1. The highest BCUT2D eigenvalue weighted by molar-refractivity contribution is 5.66. The third-order valence-corrected chi connectivity index (χ3v) is 2.45. The van der Waals surface area contributed by atoms with Gasteiger partial charge in [-0.1, -0.05) is 29.8 Å². The van der Waals surface area contributed by atoms with E-state index in [1.165, 1.54) is 5.56 Å². The van der Waals surface area contributed by atoms with Crippen LogP contribution in [0.1, 0.15) is 11.3 Å². The summed E-state index contributed by atoms with van der Waals surface area (Å²) >= 11 is 0. The Balaban J connectivity index is 2.59. The van der Waals surface area contributed by atoms with Crippen molar-refractivity contribution in [1.82, 2.24) is 4.98 Å². The lowest BCUT2D eigenvalue weighted by molar-refractivity contribution is 1.15. The van der Waals surface area contributed by atoms with E-state index in [1.807, 2.05) is 25.1 Å². The maximum Gasteiger partial charge on any atom is 0.248 e. The number of hydrogen-bond acceptors (Lipinski definition) is 1. The number of rotatable bonds is 1. The number of H-pyrrole nitrogens is 1. The normalized spacial score (nSPS) is 10.3. The summed E-state index contributed by atoms with van der Waals surface area (Å²) in [6, 6.07) is 11.7. The molecule has 1 heterocycles. The van der Waals surface area contributed by atoms with Crippen LogP contribution in [0.4, 0.5) is 0 Å². The van der Waals surface area contributed by atoms with Crippen molar-refractivity contribution in [2.24, 2.45) is 0 Å². The molecule has 1 aromatic carbocycles. The van der Waals surface area contributed by atoms with Crippen molar-refractivity contribution in [3.8, 4) is 11.1 Å². The highest BCUT2D eigenvalue weighted by atomic mass is 16.1. The van der Waals surface area contributed by atoms with E-state index in [2.05, 4.69) is 24.0 Å². The average Bonchev–Trinajstić information content (AvgIpc) is 2.17. The molecule has 2 aromatic rings. The first-order valence-corrected chi connectivity index (χ1v) is 4.94. The van der Waals surface area contributed by atoms with E-state index in [-0.39, 0.29) is 5.56 Å². The van der Waals surface area contributed by atoms with Crippen molar-refractivity contribution in [1.29, 1.82) is 0 Å². The van der Waals surface area contributed by atoms with Crippen LogP contribution in [0.15, 0.2) is 41.2 Å². The molecule has 0 saturated heterocycles. The zero-order valence-corrected chi connectivity index (χ0v) is 8.87. The van der Waals surface area contributed by atoms with E-state index >= 15 is 0 Å². The fourth-order valence-electron chi connectivity index (χ4n) is 1.70. The summed E-state index contributed by atoms with van der Waals surface area (Å²) < 4.78 is 0. The zero-order chi connectivity index (χ0) is 10.8. The Labute approximate surface area is 88.6 Å². The van der Waals surface area contributed by atoms with Gasteiger partial charge in [-0.15, -0.1) is 0 Å². The summed E-state index contributed by atoms with van der Waals surface area (Å²) in [5.41, 5.74) is 4.30. The van der Waals surface area contributed by atoms with Gasteiger partial charge in [-0.2, -0.15) is 0 Å². The molecule has 0 saturated carbocycles. The van der Waals surface area contributed by atoms with E-state index in [1.54, 1.807) is 6.07 Å². The minimum absolute atomic E-state index is 0.0519. The molecular weight excluding hydrogens is 186 g/mol. The third kappa shape index (κ3) is 1.99. The van der Waals surface area contributed by atoms with Gasteiger partial charge in [0.15, 0.2) is 0 Å². The fourth-order valence-corrected chi connectivity index (χ4v) is 1.70. The molecule has 0 radical (unpaired) electrons. The molecule has 1 N–H and O–H groups in total. The molecule has 0 aliphatic rings. The summed E-state index contributed by atoms with van der Waals surface area (Å²) in [4.78, 5) is 13.9. The minimum Gasteiger partial charge on any atom is -0.326 e. The number of benzene rings is 1. The maximum atomic E-state index is 11.1. The third-order valence-electron chi connectivity index (χ3n) is 2.45. The Morgan fingerprint density at radius 3 is 2.53 bits per heavy atom. The van der Waals surface area contributed by atoms with Gasteiger partial charge in [0.2, 0.25) is 5.56 Å². The van der Waals surface area contributed by atoms with Crippen molar-refractivity contribution in [3.05, 3.63) is 58.0 Å². The number of aromatic nitrogens is 1.